The molecule has 0 spiro atoms. The first kappa shape index (κ1) is 16.3. The second kappa shape index (κ2) is 7.77. The molecule has 2 fully saturated rings. The molecule has 3 unspecified atom stereocenters. The lowest BCUT2D eigenvalue weighted by atomic mass is 9.73. The molecule has 0 aromatic rings. The molecule has 0 saturated heterocycles. The van der Waals surface area contributed by atoms with E-state index in [1.807, 2.05) is 0 Å². The highest BCUT2D eigenvalue weighted by molar-refractivity contribution is 4.88. The Balaban J connectivity index is 1.92. The first-order valence-electron chi connectivity index (χ1n) is 8.72. The van der Waals surface area contributed by atoms with Crippen LogP contribution in [0.3, 0.4) is 0 Å². The Morgan fingerprint density at radius 2 is 1.85 bits per heavy atom. The second-order valence-corrected chi connectivity index (χ2v) is 7.40. The minimum absolute atomic E-state index is 0.284. The van der Waals surface area contributed by atoms with Gasteiger partial charge in [0.05, 0.1) is 6.61 Å². The van der Waals surface area contributed by atoms with Crippen molar-refractivity contribution in [2.75, 3.05) is 19.7 Å². The molecule has 118 valence electrons. The zero-order valence-corrected chi connectivity index (χ0v) is 13.4. The van der Waals surface area contributed by atoms with E-state index in [0.717, 1.165) is 24.9 Å². The summed E-state index contributed by atoms with van der Waals surface area (Å²) < 4.78 is 0. The standard InChI is InChI=1S/C17H34N2O/c1-13(2)14-7-8-17(18)15(11-14)12-19(9-10-20)16-5-3-4-6-16/h13-17,20H,3-12,18H2,1-2H3. The van der Waals surface area contributed by atoms with Crippen molar-refractivity contribution in [3.8, 4) is 0 Å². The third-order valence-corrected chi connectivity index (χ3v) is 5.72. The molecular weight excluding hydrogens is 248 g/mol. The van der Waals surface area contributed by atoms with Crippen LogP contribution >= 0.6 is 0 Å². The van der Waals surface area contributed by atoms with Crippen LogP contribution in [0.25, 0.3) is 0 Å². The molecule has 3 nitrogen and oxygen atoms in total. The maximum Gasteiger partial charge on any atom is 0.0558 e. The Labute approximate surface area is 124 Å². The van der Waals surface area contributed by atoms with Gasteiger partial charge in [0.2, 0.25) is 0 Å². The van der Waals surface area contributed by atoms with E-state index in [-0.39, 0.29) is 6.61 Å². The number of nitrogens with zero attached hydrogens (tertiary/aromatic N) is 1. The van der Waals surface area contributed by atoms with Gasteiger partial charge in [0.15, 0.2) is 0 Å². The number of aliphatic hydroxyl groups is 1. The minimum atomic E-state index is 0.284. The fourth-order valence-electron chi connectivity index (χ4n) is 4.26. The van der Waals surface area contributed by atoms with Crippen LogP contribution in [0.5, 0.6) is 0 Å². The van der Waals surface area contributed by atoms with E-state index in [9.17, 15) is 5.11 Å². The van der Waals surface area contributed by atoms with Gasteiger partial charge >= 0.3 is 0 Å². The molecular formula is C17H34N2O. The predicted molar refractivity (Wildman–Crippen MR) is 84.6 cm³/mol. The predicted octanol–water partition coefficient (Wildman–Crippen LogP) is 2.62. The summed E-state index contributed by atoms with van der Waals surface area (Å²) in [4.78, 5) is 2.54. The van der Waals surface area contributed by atoms with Gasteiger partial charge in [0.1, 0.15) is 0 Å². The Kier molecular flexibility index (Phi) is 6.31. The third kappa shape index (κ3) is 4.19. The van der Waals surface area contributed by atoms with Crippen LogP contribution < -0.4 is 5.73 Å². The molecule has 0 aliphatic heterocycles. The Morgan fingerprint density at radius 1 is 1.15 bits per heavy atom. The fraction of sp³-hybridized carbons (Fsp3) is 1.00. The van der Waals surface area contributed by atoms with E-state index < -0.39 is 0 Å². The van der Waals surface area contributed by atoms with E-state index in [4.69, 9.17) is 5.73 Å². The van der Waals surface area contributed by atoms with E-state index >= 15 is 0 Å². The topological polar surface area (TPSA) is 49.5 Å². The van der Waals surface area contributed by atoms with Gasteiger partial charge < -0.3 is 10.8 Å². The second-order valence-electron chi connectivity index (χ2n) is 7.40. The van der Waals surface area contributed by atoms with Crippen LogP contribution in [0.2, 0.25) is 0 Å². The molecule has 2 saturated carbocycles. The average Bonchev–Trinajstić information content (AvgIpc) is 2.94. The summed E-state index contributed by atoms with van der Waals surface area (Å²) in [6, 6.07) is 1.07. The maximum atomic E-state index is 9.36. The van der Waals surface area contributed by atoms with Gasteiger partial charge in [-0.05, 0) is 49.9 Å². The molecule has 0 amide bonds. The molecule has 0 bridgehead atoms. The van der Waals surface area contributed by atoms with Crippen molar-refractivity contribution in [2.24, 2.45) is 23.5 Å². The average molecular weight is 282 g/mol. The molecule has 0 heterocycles. The quantitative estimate of drug-likeness (QED) is 0.787. The van der Waals surface area contributed by atoms with Crippen molar-refractivity contribution in [2.45, 2.75) is 70.9 Å². The molecule has 3 atom stereocenters. The highest BCUT2D eigenvalue weighted by atomic mass is 16.3. The molecule has 0 radical (unpaired) electrons. The molecule has 20 heavy (non-hydrogen) atoms. The van der Waals surface area contributed by atoms with Gasteiger partial charge in [-0.25, -0.2) is 0 Å². The van der Waals surface area contributed by atoms with Crippen molar-refractivity contribution in [3.63, 3.8) is 0 Å². The van der Waals surface area contributed by atoms with E-state index in [1.54, 1.807) is 0 Å². The van der Waals surface area contributed by atoms with Crippen LogP contribution in [0.1, 0.15) is 58.8 Å². The fourth-order valence-corrected chi connectivity index (χ4v) is 4.26. The molecule has 2 aliphatic carbocycles. The normalized spacial score (nSPS) is 32.4. The van der Waals surface area contributed by atoms with Crippen molar-refractivity contribution < 1.29 is 5.11 Å². The first-order valence-corrected chi connectivity index (χ1v) is 8.72. The lowest BCUT2D eigenvalue weighted by Crippen LogP contribution is -2.47. The molecule has 2 aliphatic rings. The highest BCUT2D eigenvalue weighted by Crippen LogP contribution is 2.34. The van der Waals surface area contributed by atoms with Gasteiger partial charge in [-0.1, -0.05) is 26.7 Å². The van der Waals surface area contributed by atoms with Crippen molar-refractivity contribution in [1.82, 2.24) is 4.90 Å². The summed E-state index contributed by atoms with van der Waals surface area (Å²) in [6.07, 6.45) is 9.12. The third-order valence-electron chi connectivity index (χ3n) is 5.72. The summed E-state index contributed by atoms with van der Waals surface area (Å²) >= 11 is 0. The lowest BCUT2D eigenvalue weighted by molar-refractivity contribution is 0.0932. The number of rotatable bonds is 6. The van der Waals surface area contributed by atoms with Crippen molar-refractivity contribution >= 4 is 0 Å². The van der Waals surface area contributed by atoms with Crippen LogP contribution in [-0.2, 0) is 0 Å². The summed E-state index contributed by atoms with van der Waals surface area (Å²) in [6.45, 7) is 6.92. The van der Waals surface area contributed by atoms with Crippen LogP contribution in [0.15, 0.2) is 0 Å². The molecule has 2 rings (SSSR count). The number of nitrogens with two attached hydrogens (primary N) is 1. The molecule has 0 aromatic carbocycles. The Morgan fingerprint density at radius 3 is 2.45 bits per heavy atom. The van der Waals surface area contributed by atoms with Gasteiger partial charge in [-0.2, -0.15) is 0 Å². The molecule has 0 aromatic heterocycles. The summed E-state index contributed by atoms with van der Waals surface area (Å²) in [7, 11) is 0. The van der Waals surface area contributed by atoms with Crippen LogP contribution in [0.4, 0.5) is 0 Å². The van der Waals surface area contributed by atoms with E-state index in [1.165, 1.54) is 44.9 Å². The Bertz CT molecular complexity index is 276. The molecule has 3 heteroatoms. The van der Waals surface area contributed by atoms with E-state index in [2.05, 4.69) is 18.7 Å². The lowest BCUT2D eigenvalue weighted by Gasteiger charge is -2.40. The van der Waals surface area contributed by atoms with Crippen LogP contribution in [0, 0.1) is 17.8 Å². The summed E-state index contributed by atoms with van der Waals surface area (Å²) in [5.74, 6) is 2.26. The number of hydrogen-bond donors (Lipinski definition) is 2. The summed E-state index contributed by atoms with van der Waals surface area (Å²) in [5, 5.41) is 9.36. The first-order chi connectivity index (χ1) is 9.61. The number of hydrogen-bond acceptors (Lipinski definition) is 3. The minimum Gasteiger partial charge on any atom is -0.395 e. The largest absolute Gasteiger partial charge is 0.395 e. The zero-order chi connectivity index (χ0) is 14.5. The SMILES string of the molecule is CC(C)C1CCC(N)C(CN(CCO)C2CCCC2)C1. The van der Waals surface area contributed by atoms with Gasteiger partial charge in [-0.3, -0.25) is 4.90 Å². The van der Waals surface area contributed by atoms with Gasteiger partial charge in [-0.15, -0.1) is 0 Å². The number of aliphatic hydroxyl groups excluding tert-OH is 1. The maximum absolute atomic E-state index is 9.36. The Hall–Kier alpha value is -0.120. The van der Waals surface area contributed by atoms with Crippen molar-refractivity contribution in [1.29, 1.82) is 0 Å². The zero-order valence-electron chi connectivity index (χ0n) is 13.4. The van der Waals surface area contributed by atoms with Gasteiger partial charge in [0.25, 0.3) is 0 Å². The van der Waals surface area contributed by atoms with Crippen LogP contribution in [-0.4, -0.2) is 41.8 Å². The monoisotopic (exact) mass is 282 g/mol. The highest BCUT2D eigenvalue weighted by Gasteiger charge is 2.32. The van der Waals surface area contributed by atoms with Crippen molar-refractivity contribution in [3.05, 3.63) is 0 Å². The van der Waals surface area contributed by atoms with Gasteiger partial charge in [0, 0.05) is 25.2 Å². The van der Waals surface area contributed by atoms with E-state index in [0.29, 0.717) is 18.0 Å². The summed E-state index contributed by atoms with van der Waals surface area (Å²) in [5.41, 5.74) is 6.40. The smallest absolute Gasteiger partial charge is 0.0558 e. The molecule has 3 N–H and O–H groups in total.